The van der Waals surface area contributed by atoms with Crippen LogP contribution in [0.25, 0.3) is 10.8 Å². The SMILES string of the molecule is CC(=O)c1c(Cc2cccc3ccccc23)cc(=O)oc1NC(N)=O. The van der Waals surface area contributed by atoms with Gasteiger partial charge in [0.1, 0.15) is 0 Å². The number of Topliss-reactive ketones (excluding diaryl/α,β-unsaturated/α-hetero) is 1. The van der Waals surface area contributed by atoms with Crippen LogP contribution in [0.1, 0.15) is 28.4 Å². The number of amides is 2. The standard InChI is InChI=1S/C19H16N2O4/c1-11(22)17-14(10-16(23)25-18(17)21-19(20)24)9-13-7-4-6-12-5-2-3-8-15(12)13/h2-8,10H,9H2,1H3,(H3,20,21,24). The van der Waals surface area contributed by atoms with Gasteiger partial charge in [-0.05, 0) is 35.2 Å². The summed E-state index contributed by atoms with van der Waals surface area (Å²) in [5.74, 6) is -0.550. The van der Waals surface area contributed by atoms with Crippen molar-refractivity contribution < 1.29 is 14.0 Å². The van der Waals surface area contributed by atoms with Crippen molar-refractivity contribution in [2.24, 2.45) is 5.73 Å². The second-order valence-electron chi connectivity index (χ2n) is 5.66. The number of nitrogens with one attached hydrogen (secondary N) is 1. The zero-order chi connectivity index (χ0) is 18.0. The number of hydrogen-bond acceptors (Lipinski definition) is 4. The summed E-state index contributed by atoms with van der Waals surface area (Å²) in [7, 11) is 0. The van der Waals surface area contributed by atoms with Crippen LogP contribution in [0.5, 0.6) is 0 Å². The molecule has 1 heterocycles. The van der Waals surface area contributed by atoms with E-state index in [1.54, 1.807) is 0 Å². The Bertz CT molecular complexity index is 1030. The first-order valence-electron chi connectivity index (χ1n) is 7.67. The number of anilines is 1. The van der Waals surface area contributed by atoms with Gasteiger partial charge in [-0.2, -0.15) is 0 Å². The molecule has 2 amide bonds. The predicted octanol–water partition coefficient (Wildman–Crippen LogP) is 3.08. The first-order chi connectivity index (χ1) is 12.0. The molecule has 3 aromatic rings. The van der Waals surface area contributed by atoms with E-state index in [9.17, 15) is 14.4 Å². The molecule has 0 atom stereocenters. The molecule has 0 fully saturated rings. The molecule has 3 N–H and O–H groups in total. The number of fused-ring (bicyclic) bond motifs is 1. The van der Waals surface area contributed by atoms with E-state index >= 15 is 0 Å². The lowest BCUT2D eigenvalue weighted by atomic mass is 9.95. The molecule has 0 aliphatic carbocycles. The Morgan fingerprint density at radius 2 is 1.80 bits per heavy atom. The summed E-state index contributed by atoms with van der Waals surface area (Å²) < 4.78 is 4.96. The summed E-state index contributed by atoms with van der Waals surface area (Å²) >= 11 is 0. The Hall–Kier alpha value is -3.41. The lowest BCUT2D eigenvalue weighted by Gasteiger charge is -2.12. The van der Waals surface area contributed by atoms with E-state index in [1.807, 2.05) is 42.5 Å². The normalized spacial score (nSPS) is 10.6. The zero-order valence-electron chi connectivity index (χ0n) is 13.5. The largest absolute Gasteiger partial charge is 0.405 e. The molecule has 0 saturated carbocycles. The van der Waals surface area contributed by atoms with Gasteiger partial charge in [-0.15, -0.1) is 0 Å². The minimum absolute atomic E-state index is 0.145. The van der Waals surface area contributed by atoms with Crippen molar-refractivity contribution in [1.29, 1.82) is 0 Å². The molecule has 0 saturated heterocycles. The van der Waals surface area contributed by atoms with Crippen molar-refractivity contribution in [2.75, 3.05) is 5.32 Å². The maximum Gasteiger partial charge on any atom is 0.337 e. The molecule has 0 radical (unpaired) electrons. The minimum atomic E-state index is -0.909. The summed E-state index contributed by atoms with van der Waals surface area (Å²) in [5.41, 5.74) is 6.01. The van der Waals surface area contributed by atoms with Crippen LogP contribution < -0.4 is 16.7 Å². The number of nitrogens with two attached hydrogens (primary N) is 1. The second kappa shape index (κ2) is 6.60. The molecule has 25 heavy (non-hydrogen) atoms. The Morgan fingerprint density at radius 3 is 2.52 bits per heavy atom. The van der Waals surface area contributed by atoms with Crippen LogP contribution in [0.4, 0.5) is 10.7 Å². The van der Waals surface area contributed by atoms with Crippen LogP contribution in [0.3, 0.4) is 0 Å². The third-order valence-corrected chi connectivity index (χ3v) is 3.89. The van der Waals surface area contributed by atoms with Crippen LogP contribution in [-0.4, -0.2) is 11.8 Å². The van der Waals surface area contributed by atoms with E-state index in [1.165, 1.54) is 13.0 Å². The summed E-state index contributed by atoms with van der Waals surface area (Å²) in [6.45, 7) is 1.34. The number of benzene rings is 2. The van der Waals surface area contributed by atoms with Crippen LogP contribution in [-0.2, 0) is 6.42 Å². The molecule has 0 bridgehead atoms. The van der Waals surface area contributed by atoms with E-state index in [-0.39, 0.29) is 17.2 Å². The second-order valence-corrected chi connectivity index (χ2v) is 5.66. The maximum atomic E-state index is 12.1. The number of carbonyl (C=O) groups excluding carboxylic acids is 2. The number of ketones is 1. The average Bonchev–Trinajstić information content (AvgIpc) is 2.54. The highest BCUT2D eigenvalue weighted by atomic mass is 16.4. The highest BCUT2D eigenvalue weighted by Crippen LogP contribution is 2.25. The fourth-order valence-corrected chi connectivity index (χ4v) is 2.92. The lowest BCUT2D eigenvalue weighted by Crippen LogP contribution is -2.23. The van der Waals surface area contributed by atoms with Crippen LogP contribution in [0.2, 0.25) is 0 Å². The molecule has 0 unspecified atom stereocenters. The van der Waals surface area contributed by atoms with E-state index in [2.05, 4.69) is 5.32 Å². The molecule has 6 nitrogen and oxygen atoms in total. The van der Waals surface area contributed by atoms with Crippen molar-refractivity contribution in [3.63, 3.8) is 0 Å². The molecule has 0 aliphatic heterocycles. The molecular weight excluding hydrogens is 320 g/mol. The van der Waals surface area contributed by atoms with Gasteiger partial charge in [-0.25, -0.2) is 9.59 Å². The van der Waals surface area contributed by atoms with E-state index in [4.69, 9.17) is 10.2 Å². The minimum Gasteiger partial charge on any atom is -0.405 e. The van der Waals surface area contributed by atoms with Gasteiger partial charge in [-0.3, -0.25) is 10.1 Å². The van der Waals surface area contributed by atoms with Gasteiger partial charge < -0.3 is 10.2 Å². The number of primary amides is 1. The summed E-state index contributed by atoms with van der Waals surface area (Å²) in [6.07, 6.45) is 0.343. The number of urea groups is 1. The van der Waals surface area contributed by atoms with Crippen molar-refractivity contribution in [3.8, 4) is 0 Å². The molecule has 0 aliphatic rings. The zero-order valence-corrected chi connectivity index (χ0v) is 13.5. The smallest absolute Gasteiger partial charge is 0.337 e. The number of rotatable bonds is 4. The fourth-order valence-electron chi connectivity index (χ4n) is 2.92. The Labute approximate surface area is 143 Å². The molecule has 126 valence electrons. The summed E-state index contributed by atoms with van der Waals surface area (Å²) in [6, 6.07) is 14.0. The lowest BCUT2D eigenvalue weighted by molar-refractivity contribution is 0.101. The van der Waals surface area contributed by atoms with Crippen molar-refractivity contribution in [2.45, 2.75) is 13.3 Å². The van der Waals surface area contributed by atoms with Crippen LogP contribution >= 0.6 is 0 Å². The van der Waals surface area contributed by atoms with Crippen molar-refractivity contribution >= 4 is 28.5 Å². The van der Waals surface area contributed by atoms with Gasteiger partial charge in [-0.1, -0.05) is 42.5 Å². The first kappa shape index (κ1) is 16.4. The van der Waals surface area contributed by atoms with Crippen molar-refractivity contribution in [3.05, 3.63) is 75.6 Å². The first-order valence-corrected chi connectivity index (χ1v) is 7.67. The van der Waals surface area contributed by atoms with Crippen LogP contribution in [0, 0.1) is 0 Å². The van der Waals surface area contributed by atoms with E-state index < -0.39 is 11.7 Å². The molecule has 6 heteroatoms. The van der Waals surface area contributed by atoms with Crippen LogP contribution in [0.15, 0.2) is 57.7 Å². The topological polar surface area (TPSA) is 102 Å². The summed E-state index contributed by atoms with van der Waals surface area (Å²) in [5, 5.41) is 4.29. The third-order valence-electron chi connectivity index (χ3n) is 3.89. The van der Waals surface area contributed by atoms with Gasteiger partial charge >= 0.3 is 11.7 Å². The Morgan fingerprint density at radius 1 is 1.08 bits per heavy atom. The Balaban J connectivity index is 2.16. The predicted molar refractivity (Wildman–Crippen MR) is 94.9 cm³/mol. The quantitative estimate of drug-likeness (QED) is 0.715. The van der Waals surface area contributed by atoms with Crippen molar-refractivity contribution in [1.82, 2.24) is 0 Å². The number of carbonyl (C=O) groups is 2. The fraction of sp³-hybridized carbons (Fsp3) is 0.105. The molecule has 1 aromatic heterocycles. The number of hydrogen-bond donors (Lipinski definition) is 2. The Kier molecular flexibility index (Phi) is 4.35. The maximum absolute atomic E-state index is 12.1. The molecule has 0 spiro atoms. The van der Waals surface area contributed by atoms with Gasteiger partial charge in [0, 0.05) is 6.07 Å². The highest BCUT2D eigenvalue weighted by Gasteiger charge is 2.19. The molecule has 3 rings (SSSR count). The van der Waals surface area contributed by atoms with E-state index in [0.29, 0.717) is 12.0 Å². The van der Waals surface area contributed by atoms with Gasteiger partial charge in [0.2, 0.25) is 5.88 Å². The molecular formula is C19H16N2O4. The highest BCUT2D eigenvalue weighted by molar-refractivity contribution is 6.03. The van der Waals surface area contributed by atoms with E-state index in [0.717, 1.165) is 16.3 Å². The van der Waals surface area contributed by atoms with Gasteiger partial charge in [0.25, 0.3) is 0 Å². The van der Waals surface area contributed by atoms with Gasteiger partial charge in [0.05, 0.1) is 5.56 Å². The summed E-state index contributed by atoms with van der Waals surface area (Å²) in [4.78, 5) is 35.1. The monoisotopic (exact) mass is 336 g/mol. The van der Waals surface area contributed by atoms with Gasteiger partial charge in [0.15, 0.2) is 5.78 Å². The third kappa shape index (κ3) is 3.42. The average molecular weight is 336 g/mol. The molecule has 2 aromatic carbocycles.